The van der Waals surface area contributed by atoms with Gasteiger partial charge in [0.2, 0.25) is 6.79 Å². The minimum Gasteiger partial charge on any atom is -0.486 e. The van der Waals surface area contributed by atoms with Crippen molar-refractivity contribution in [1.29, 1.82) is 0 Å². The number of nitrogens with one attached hydrogen (secondary N) is 1. The molecule has 156 valence electrons. The van der Waals surface area contributed by atoms with Crippen LogP contribution in [0, 0.1) is 12.3 Å². The molecule has 6 rings (SSSR count). The average molecular weight is 428 g/mol. The van der Waals surface area contributed by atoms with Gasteiger partial charge in [-0.15, -0.1) is 0 Å². The molecule has 0 radical (unpaired) electrons. The number of halogens is 1. The van der Waals surface area contributed by atoms with Crippen molar-refractivity contribution in [2.45, 2.75) is 38.1 Å². The molecule has 1 amide bonds. The molecule has 30 heavy (non-hydrogen) atoms. The Labute approximate surface area is 179 Å². The highest BCUT2D eigenvalue weighted by molar-refractivity contribution is 6.31. The molecule has 2 aromatic carbocycles. The standard InChI is InChI=1S/C23H22ClNO5/c1-14-6-17(3-4-18(14)24)28-9-16(26)8-22-10-23(11-22,12-22)25-21(27)15-2-5-19-20(7-15)30-13-29-19/h2-7H,8-13H2,1H3,(H,25,27). The topological polar surface area (TPSA) is 73.9 Å². The summed E-state index contributed by atoms with van der Waals surface area (Å²) < 4.78 is 16.2. The van der Waals surface area contributed by atoms with Gasteiger partial charge in [0.25, 0.3) is 5.91 Å². The molecule has 3 fully saturated rings. The zero-order valence-corrected chi connectivity index (χ0v) is 17.4. The third kappa shape index (κ3) is 3.39. The molecule has 3 saturated carbocycles. The Morgan fingerprint density at radius 3 is 2.63 bits per heavy atom. The van der Waals surface area contributed by atoms with Gasteiger partial charge in [-0.1, -0.05) is 11.6 Å². The van der Waals surface area contributed by atoms with Crippen molar-refractivity contribution < 1.29 is 23.8 Å². The van der Waals surface area contributed by atoms with Crippen molar-refractivity contribution in [3.05, 3.63) is 52.5 Å². The van der Waals surface area contributed by atoms with Gasteiger partial charge in [-0.05, 0) is 73.6 Å². The lowest BCUT2D eigenvalue weighted by molar-refractivity contribution is -0.162. The highest BCUT2D eigenvalue weighted by Gasteiger charge is 2.68. The van der Waals surface area contributed by atoms with Gasteiger partial charge in [0.05, 0.1) is 0 Å². The fourth-order valence-electron chi connectivity index (χ4n) is 5.01. The molecule has 0 spiro atoms. The van der Waals surface area contributed by atoms with E-state index < -0.39 is 0 Å². The Bertz CT molecular complexity index is 1030. The van der Waals surface area contributed by atoms with Crippen molar-refractivity contribution in [3.63, 3.8) is 0 Å². The molecule has 0 saturated heterocycles. The molecule has 1 heterocycles. The van der Waals surface area contributed by atoms with Crippen LogP contribution in [0.15, 0.2) is 36.4 Å². The highest BCUT2D eigenvalue weighted by atomic mass is 35.5. The lowest BCUT2D eigenvalue weighted by atomic mass is 9.38. The van der Waals surface area contributed by atoms with Gasteiger partial charge in [-0.25, -0.2) is 0 Å². The molecular weight excluding hydrogens is 406 g/mol. The monoisotopic (exact) mass is 427 g/mol. The molecule has 0 aromatic heterocycles. The Kier molecular flexibility index (Phi) is 4.43. The highest BCUT2D eigenvalue weighted by Crippen LogP contribution is 2.69. The maximum atomic E-state index is 12.6. The van der Waals surface area contributed by atoms with E-state index in [0.29, 0.717) is 34.3 Å². The van der Waals surface area contributed by atoms with Gasteiger partial charge in [0.15, 0.2) is 17.3 Å². The van der Waals surface area contributed by atoms with Crippen LogP contribution in [0.25, 0.3) is 0 Å². The molecule has 4 aliphatic rings. The van der Waals surface area contributed by atoms with Crippen LogP contribution in [0.2, 0.25) is 5.02 Å². The first-order valence-electron chi connectivity index (χ1n) is 9.98. The number of aryl methyl sites for hydroxylation is 1. The molecule has 0 atom stereocenters. The molecule has 7 heteroatoms. The fraction of sp³-hybridized carbons (Fsp3) is 0.391. The zero-order chi connectivity index (χ0) is 20.9. The number of carbonyl (C=O) groups is 2. The Morgan fingerprint density at radius 2 is 1.87 bits per heavy atom. The lowest BCUT2D eigenvalue weighted by Gasteiger charge is -2.70. The van der Waals surface area contributed by atoms with Crippen LogP contribution in [0.4, 0.5) is 0 Å². The second-order valence-corrected chi connectivity index (χ2v) is 9.16. The summed E-state index contributed by atoms with van der Waals surface area (Å²) in [5, 5.41) is 3.82. The van der Waals surface area contributed by atoms with E-state index in [9.17, 15) is 9.59 Å². The van der Waals surface area contributed by atoms with Gasteiger partial charge in [-0.2, -0.15) is 0 Å². The summed E-state index contributed by atoms with van der Waals surface area (Å²) in [5.41, 5.74) is 1.31. The maximum absolute atomic E-state index is 12.6. The smallest absolute Gasteiger partial charge is 0.251 e. The van der Waals surface area contributed by atoms with E-state index in [4.69, 9.17) is 25.8 Å². The molecule has 1 aliphatic heterocycles. The Balaban J connectivity index is 1.10. The number of amides is 1. The number of hydrogen-bond donors (Lipinski definition) is 1. The minimum absolute atomic E-state index is 0.0124. The summed E-state index contributed by atoms with van der Waals surface area (Å²) in [7, 11) is 0. The van der Waals surface area contributed by atoms with Gasteiger partial charge >= 0.3 is 0 Å². The number of ketones is 1. The van der Waals surface area contributed by atoms with Crippen LogP contribution in [0.3, 0.4) is 0 Å². The molecule has 2 aromatic rings. The van der Waals surface area contributed by atoms with E-state index >= 15 is 0 Å². The summed E-state index contributed by atoms with van der Waals surface area (Å²) in [4.78, 5) is 25.0. The summed E-state index contributed by atoms with van der Waals surface area (Å²) in [5.74, 6) is 1.87. The van der Waals surface area contributed by atoms with Gasteiger partial charge in [-0.3, -0.25) is 9.59 Å². The minimum atomic E-state index is -0.179. The number of fused-ring (bicyclic) bond motifs is 1. The number of carbonyl (C=O) groups excluding carboxylic acids is 2. The van der Waals surface area contributed by atoms with Crippen LogP contribution >= 0.6 is 11.6 Å². The maximum Gasteiger partial charge on any atom is 0.251 e. The van der Waals surface area contributed by atoms with E-state index in [0.717, 1.165) is 24.8 Å². The summed E-state index contributed by atoms with van der Waals surface area (Å²) in [6.45, 7) is 2.14. The predicted molar refractivity (Wildman–Crippen MR) is 110 cm³/mol. The first kappa shape index (κ1) is 19.2. The van der Waals surface area contributed by atoms with Crippen molar-refractivity contribution in [1.82, 2.24) is 5.32 Å². The number of benzene rings is 2. The number of rotatable bonds is 7. The fourth-order valence-corrected chi connectivity index (χ4v) is 5.13. The van der Waals surface area contributed by atoms with Crippen LogP contribution in [0.5, 0.6) is 17.2 Å². The Morgan fingerprint density at radius 1 is 1.10 bits per heavy atom. The summed E-state index contributed by atoms with van der Waals surface area (Å²) >= 11 is 6.01. The van der Waals surface area contributed by atoms with E-state index in [1.165, 1.54) is 0 Å². The second-order valence-electron chi connectivity index (χ2n) is 8.75. The third-order valence-electron chi connectivity index (χ3n) is 6.26. The molecule has 0 unspecified atom stereocenters. The molecule has 1 N–H and O–H groups in total. The van der Waals surface area contributed by atoms with E-state index in [1.54, 1.807) is 30.3 Å². The van der Waals surface area contributed by atoms with Crippen molar-refractivity contribution >= 4 is 23.3 Å². The van der Waals surface area contributed by atoms with Crippen LogP contribution in [0.1, 0.15) is 41.6 Å². The van der Waals surface area contributed by atoms with Crippen molar-refractivity contribution in [3.8, 4) is 17.2 Å². The average Bonchev–Trinajstić information content (AvgIpc) is 3.14. The van der Waals surface area contributed by atoms with Crippen LogP contribution in [-0.4, -0.2) is 30.6 Å². The largest absolute Gasteiger partial charge is 0.486 e. The van der Waals surface area contributed by atoms with E-state index in [1.807, 2.05) is 13.0 Å². The van der Waals surface area contributed by atoms with Gasteiger partial charge in [0, 0.05) is 22.5 Å². The van der Waals surface area contributed by atoms with Crippen LogP contribution < -0.4 is 19.5 Å². The molecule has 3 aliphatic carbocycles. The lowest BCUT2D eigenvalue weighted by Crippen LogP contribution is -2.75. The second kappa shape index (κ2) is 6.91. The number of hydrogen-bond acceptors (Lipinski definition) is 5. The predicted octanol–water partition coefficient (Wildman–Crippen LogP) is 4.07. The summed E-state index contributed by atoms with van der Waals surface area (Å²) in [6, 6.07) is 10.6. The number of Topliss-reactive ketones (excluding diaryl/α,β-unsaturated/α-hetero) is 1. The SMILES string of the molecule is Cc1cc(OCC(=O)CC23CC(NC(=O)c4ccc5c(c4)OCO5)(C2)C3)ccc1Cl. The molecule has 2 bridgehead atoms. The van der Waals surface area contributed by atoms with Crippen molar-refractivity contribution in [2.75, 3.05) is 13.4 Å². The van der Waals surface area contributed by atoms with E-state index in [-0.39, 0.29) is 36.0 Å². The molecule has 6 nitrogen and oxygen atoms in total. The van der Waals surface area contributed by atoms with Crippen LogP contribution in [-0.2, 0) is 4.79 Å². The number of ether oxygens (including phenoxy) is 3. The first-order valence-corrected chi connectivity index (χ1v) is 10.4. The quantitative estimate of drug-likeness (QED) is 0.721. The van der Waals surface area contributed by atoms with Gasteiger partial charge < -0.3 is 19.5 Å². The third-order valence-corrected chi connectivity index (χ3v) is 6.68. The Hall–Kier alpha value is -2.73. The normalized spacial score (nSPS) is 25.1. The molecular formula is C23H22ClNO5. The van der Waals surface area contributed by atoms with Crippen molar-refractivity contribution in [2.24, 2.45) is 5.41 Å². The van der Waals surface area contributed by atoms with E-state index in [2.05, 4.69) is 5.32 Å². The first-order chi connectivity index (χ1) is 14.4. The zero-order valence-electron chi connectivity index (χ0n) is 16.6. The summed E-state index contributed by atoms with van der Waals surface area (Å²) in [6.07, 6.45) is 2.99. The van der Waals surface area contributed by atoms with Gasteiger partial charge in [0.1, 0.15) is 12.4 Å².